The zero-order chi connectivity index (χ0) is 11.5. The SMILES string of the molecule is CCOC1CC(n2nnnc2C(C)NC)C1. The van der Waals surface area contributed by atoms with Gasteiger partial charge in [-0.25, -0.2) is 4.68 Å². The molecule has 6 nitrogen and oxygen atoms in total. The molecule has 1 fully saturated rings. The minimum absolute atomic E-state index is 0.182. The van der Waals surface area contributed by atoms with Gasteiger partial charge in [-0.1, -0.05) is 0 Å². The molecule has 1 saturated carbocycles. The number of hydrogen-bond donors (Lipinski definition) is 1. The smallest absolute Gasteiger partial charge is 0.168 e. The van der Waals surface area contributed by atoms with Gasteiger partial charge < -0.3 is 10.1 Å². The minimum Gasteiger partial charge on any atom is -0.378 e. The van der Waals surface area contributed by atoms with Crippen LogP contribution in [-0.4, -0.2) is 40.0 Å². The van der Waals surface area contributed by atoms with E-state index in [1.165, 1.54) is 0 Å². The highest BCUT2D eigenvalue weighted by molar-refractivity contribution is 4.95. The van der Waals surface area contributed by atoms with Crippen LogP contribution in [0.25, 0.3) is 0 Å². The molecule has 1 N–H and O–H groups in total. The molecule has 0 aliphatic heterocycles. The number of ether oxygens (including phenoxy) is 1. The molecule has 0 saturated heterocycles. The maximum atomic E-state index is 5.54. The molecule has 0 amide bonds. The summed E-state index contributed by atoms with van der Waals surface area (Å²) in [5, 5.41) is 15.0. The molecule has 1 aromatic rings. The Hall–Kier alpha value is -1.01. The number of aromatic nitrogens is 4. The van der Waals surface area contributed by atoms with Crippen molar-refractivity contribution in [2.45, 2.75) is 44.9 Å². The quantitative estimate of drug-likeness (QED) is 0.799. The van der Waals surface area contributed by atoms with Crippen molar-refractivity contribution in [2.24, 2.45) is 0 Å². The third kappa shape index (κ3) is 2.08. The van der Waals surface area contributed by atoms with Crippen LogP contribution in [0.15, 0.2) is 0 Å². The highest BCUT2D eigenvalue weighted by Gasteiger charge is 2.34. The van der Waals surface area contributed by atoms with Crippen molar-refractivity contribution in [3.63, 3.8) is 0 Å². The Morgan fingerprint density at radius 2 is 2.31 bits per heavy atom. The summed E-state index contributed by atoms with van der Waals surface area (Å²) >= 11 is 0. The van der Waals surface area contributed by atoms with Crippen LogP contribution in [0.4, 0.5) is 0 Å². The highest BCUT2D eigenvalue weighted by atomic mass is 16.5. The minimum atomic E-state index is 0.182. The summed E-state index contributed by atoms with van der Waals surface area (Å²) in [6.07, 6.45) is 2.42. The monoisotopic (exact) mass is 225 g/mol. The van der Waals surface area contributed by atoms with Crippen molar-refractivity contribution in [3.8, 4) is 0 Å². The largest absolute Gasteiger partial charge is 0.378 e. The predicted molar refractivity (Wildman–Crippen MR) is 59.0 cm³/mol. The Balaban J connectivity index is 1.98. The Kier molecular flexibility index (Phi) is 3.50. The first-order valence-corrected chi connectivity index (χ1v) is 5.82. The summed E-state index contributed by atoms with van der Waals surface area (Å²) in [6.45, 7) is 4.87. The predicted octanol–water partition coefficient (Wildman–Crippen LogP) is 0.693. The molecule has 2 rings (SSSR count). The maximum absolute atomic E-state index is 5.54. The lowest BCUT2D eigenvalue weighted by atomic mass is 9.89. The van der Waals surface area contributed by atoms with E-state index in [0.717, 1.165) is 25.3 Å². The van der Waals surface area contributed by atoms with Crippen LogP contribution in [0.3, 0.4) is 0 Å². The highest BCUT2D eigenvalue weighted by Crippen LogP contribution is 2.34. The first-order valence-electron chi connectivity index (χ1n) is 5.82. The molecule has 1 aromatic heterocycles. The number of nitrogens with zero attached hydrogens (tertiary/aromatic N) is 4. The summed E-state index contributed by atoms with van der Waals surface area (Å²) < 4.78 is 7.46. The normalized spacial score (nSPS) is 26.4. The van der Waals surface area contributed by atoms with E-state index in [1.807, 2.05) is 18.7 Å². The molecule has 1 aliphatic rings. The summed E-state index contributed by atoms with van der Waals surface area (Å²) in [7, 11) is 1.91. The average molecular weight is 225 g/mol. The zero-order valence-corrected chi connectivity index (χ0v) is 10.1. The fraction of sp³-hybridized carbons (Fsp3) is 0.900. The van der Waals surface area contributed by atoms with Crippen molar-refractivity contribution >= 4 is 0 Å². The molecule has 90 valence electrons. The van der Waals surface area contributed by atoms with Crippen molar-refractivity contribution in [1.82, 2.24) is 25.5 Å². The third-order valence-electron chi connectivity index (χ3n) is 3.16. The van der Waals surface area contributed by atoms with Gasteiger partial charge in [-0.2, -0.15) is 0 Å². The number of tetrazole rings is 1. The van der Waals surface area contributed by atoms with Crippen LogP contribution in [0.5, 0.6) is 0 Å². The molecular formula is C10H19N5O. The third-order valence-corrected chi connectivity index (χ3v) is 3.16. The van der Waals surface area contributed by atoms with Gasteiger partial charge in [0.05, 0.1) is 18.2 Å². The number of rotatable bonds is 5. The van der Waals surface area contributed by atoms with E-state index in [-0.39, 0.29) is 6.04 Å². The van der Waals surface area contributed by atoms with Crippen molar-refractivity contribution in [3.05, 3.63) is 5.82 Å². The van der Waals surface area contributed by atoms with Gasteiger partial charge in [-0.3, -0.25) is 0 Å². The fourth-order valence-corrected chi connectivity index (χ4v) is 1.98. The second kappa shape index (κ2) is 4.88. The van der Waals surface area contributed by atoms with E-state index in [2.05, 4.69) is 27.8 Å². The molecule has 0 spiro atoms. The first kappa shape index (κ1) is 11.5. The zero-order valence-electron chi connectivity index (χ0n) is 10.1. The Bertz CT molecular complexity index is 334. The van der Waals surface area contributed by atoms with Crippen molar-refractivity contribution < 1.29 is 4.74 Å². The number of hydrogen-bond acceptors (Lipinski definition) is 5. The lowest BCUT2D eigenvalue weighted by Crippen LogP contribution is -2.35. The summed E-state index contributed by atoms with van der Waals surface area (Å²) in [4.78, 5) is 0. The molecule has 6 heteroatoms. The maximum Gasteiger partial charge on any atom is 0.168 e. The Morgan fingerprint density at radius 3 is 2.94 bits per heavy atom. The van der Waals surface area contributed by atoms with E-state index in [4.69, 9.17) is 4.74 Å². The van der Waals surface area contributed by atoms with Crippen LogP contribution in [-0.2, 0) is 4.74 Å². The van der Waals surface area contributed by atoms with Gasteiger partial charge in [0.15, 0.2) is 5.82 Å². The van der Waals surface area contributed by atoms with E-state index in [9.17, 15) is 0 Å². The molecule has 1 unspecified atom stereocenters. The Labute approximate surface area is 95.4 Å². The van der Waals surface area contributed by atoms with Crippen LogP contribution in [0.2, 0.25) is 0 Å². The topological polar surface area (TPSA) is 64.9 Å². The van der Waals surface area contributed by atoms with Gasteiger partial charge in [0.1, 0.15) is 0 Å². The molecule has 0 radical (unpaired) electrons. The van der Waals surface area contributed by atoms with Crippen LogP contribution in [0, 0.1) is 0 Å². The van der Waals surface area contributed by atoms with Crippen LogP contribution >= 0.6 is 0 Å². The molecule has 1 atom stereocenters. The standard InChI is InChI=1S/C10H19N5O/c1-4-16-9-5-8(6-9)15-10(7(2)11-3)12-13-14-15/h7-9,11H,4-6H2,1-3H3. The average Bonchev–Trinajstić information content (AvgIpc) is 2.70. The molecule has 0 aromatic carbocycles. The van der Waals surface area contributed by atoms with Crippen LogP contribution < -0.4 is 5.32 Å². The van der Waals surface area contributed by atoms with E-state index >= 15 is 0 Å². The second-order valence-electron chi connectivity index (χ2n) is 4.19. The van der Waals surface area contributed by atoms with Gasteiger partial charge in [0.25, 0.3) is 0 Å². The van der Waals surface area contributed by atoms with Crippen LogP contribution in [0.1, 0.15) is 44.6 Å². The fourth-order valence-electron chi connectivity index (χ4n) is 1.98. The van der Waals surface area contributed by atoms with E-state index in [1.54, 1.807) is 0 Å². The van der Waals surface area contributed by atoms with Crippen molar-refractivity contribution in [1.29, 1.82) is 0 Å². The summed E-state index contributed by atoms with van der Waals surface area (Å²) in [5.41, 5.74) is 0. The summed E-state index contributed by atoms with van der Waals surface area (Å²) in [5.74, 6) is 0.905. The van der Waals surface area contributed by atoms with Crippen molar-refractivity contribution in [2.75, 3.05) is 13.7 Å². The first-order chi connectivity index (χ1) is 7.76. The molecular weight excluding hydrogens is 206 g/mol. The lowest BCUT2D eigenvalue weighted by Gasteiger charge is -2.35. The Morgan fingerprint density at radius 1 is 1.56 bits per heavy atom. The van der Waals surface area contributed by atoms with Gasteiger partial charge in [-0.15, -0.1) is 5.10 Å². The molecule has 1 aliphatic carbocycles. The van der Waals surface area contributed by atoms with E-state index < -0.39 is 0 Å². The van der Waals surface area contributed by atoms with Gasteiger partial charge >= 0.3 is 0 Å². The summed E-state index contributed by atoms with van der Waals surface area (Å²) in [6, 6.07) is 0.582. The van der Waals surface area contributed by atoms with Gasteiger partial charge in [0.2, 0.25) is 0 Å². The molecule has 0 bridgehead atoms. The lowest BCUT2D eigenvalue weighted by molar-refractivity contribution is -0.0241. The van der Waals surface area contributed by atoms with Gasteiger partial charge in [-0.05, 0) is 44.2 Å². The molecule has 16 heavy (non-hydrogen) atoms. The second-order valence-corrected chi connectivity index (χ2v) is 4.19. The number of nitrogens with one attached hydrogen (secondary N) is 1. The van der Waals surface area contributed by atoms with E-state index in [0.29, 0.717) is 12.1 Å². The molecule has 1 heterocycles. The van der Waals surface area contributed by atoms with Gasteiger partial charge in [0, 0.05) is 6.61 Å².